The highest BCUT2D eigenvalue weighted by Gasteiger charge is 2.36. The van der Waals surface area contributed by atoms with Crippen LogP contribution in [-0.4, -0.2) is 27.3 Å². The van der Waals surface area contributed by atoms with Crippen molar-refractivity contribution in [3.63, 3.8) is 0 Å². The number of para-hydroxylation sites is 1. The van der Waals surface area contributed by atoms with E-state index >= 15 is 0 Å². The Morgan fingerprint density at radius 1 is 1.25 bits per heavy atom. The predicted molar refractivity (Wildman–Crippen MR) is 112 cm³/mol. The summed E-state index contributed by atoms with van der Waals surface area (Å²) in [6.45, 7) is 4.04. The number of aryl methyl sites for hydroxylation is 1. The van der Waals surface area contributed by atoms with Gasteiger partial charge >= 0.3 is 0 Å². The Morgan fingerprint density at radius 2 is 2.07 bits per heavy atom. The molecule has 0 bridgehead atoms. The molecule has 3 heterocycles. The van der Waals surface area contributed by atoms with E-state index in [1.165, 1.54) is 11.8 Å². The smallest absolute Gasteiger partial charge is 0.247 e. The molecule has 0 aliphatic carbocycles. The van der Waals surface area contributed by atoms with Gasteiger partial charge in [0.15, 0.2) is 5.69 Å². The van der Waals surface area contributed by atoms with Gasteiger partial charge in [-0.2, -0.15) is 4.98 Å². The van der Waals surface area contributed by atoms with E-state index in [1.807, 2.05) is 56.5 Å². The van der Waals surface area contributed by atoms with Crippen molar-refractivity contribution in [2.24, 2.45) is 0 Å². The highest BCUT2D eigenvalue weighted by atomic mass is 32.2. The number of anilines is 1. The van der Waals surface area contributed by atoms with Crippen LogP contribution in [0.15, 0.2) is 41.6 Å². The summed E-state index contributed by atoms with van der Waals surface area (Å²) in [5.41, 5.74) is 2.12. The molecule has 0 N–H and O–H groups in total. The maximum Gasteiger partial charge on any atom is 0.247 e. The molecule has 1 atom stereocenters. The van der Waals surface area contributed by atoms with Gasteiger partial charge in [-0.3, -0.25) is 9.69 Å². The Labute approximate surface area is 172 Å². The predicted octanol–water partition coefficient (Wildman–Crippen LogP) is 4.85. The molecule has 1 aliphatic rings. The number of amides is 1. The first-order chi connectivity index (χ1) is 13.6. The lowest BCUT2D eigenvalue weighted by atomic mass is 10.1. The molecule has 0 fully saturated rings. The summed E-state index contributed by atoms with van der Waals surface area (Å²) in [5.74, 6) is 0.409. The molecule has 0 spiro atoms. The van der Waals surface area contributed by atoms with Gasteiger partial charge in [0.2, 0.25) is 23.2 Å². The Hall–Kier alpha value is -2.45. The van der Waals surface area contributed by atoms with Gasteiger partial charge in [-0.25, -0.2) is 0 Å². The minimum absolute atomic E-state index is 0.0110. The van der Waals surface area contributed by atoms with Gasteiger partial charge in [-0.1, -0.05) is 36.9 Å². The summed E-state index contributed by atoms with van der Waals surface area (Å²) in [7, 11) is 0. The molecule has 28 heavy (non-hydrogen) atoms. The quantitative estimate of drug-likeness (QED) is 0.570. The Bertz CT molecular complexity index is 1020. The van der Waals surface area contributed by atoms with Crippen molar-refractivity contribution >= 4 is 34.7 Å². The molecule has 1 aromatic carbocycles. The van der Waals surface area contributed by atoms with Crippen LogP contribution in [-0.2, 0) is 4.79 Å². The molecule has 0 unspecified atom stereocenters. The molecule has 4 rings (SSSR count). The average molecular weight is 413 g/mol. The first-order valence-electron chi connectivity index (χ1n) is 9.05. The fourth-order valence-electron chi connectivity index (χ4n) is 3.18. The molecule has 2 aromatic heterocycles. The van der Waals surface area contributed by atoms with Crippen molar-refractivity contribution in [2.45, 2.75) is 38.1 Å². The topological polar surface area (TPSA) is 68.2 Å². The van der Waals surface area contributed by atoms with Gasteiger partial charge in [0.05, 0.1) is 10.6 Å². The molecule has 6 nitrogen and oxygen atoms in total. The van der Waals surface area contributed by atoms with E-state index in [4.69, 9.17) is 4.74 Å². The molecule has 8 heteroatoms. The van der Waals surface area contributed by atoms with E-state index in [1.54, 1.807) is 16.2 Å². The summed E-state index contributed by atoms with van der Waals surface area (Å²) in [6.07, 6.45) is 2.50. The third kappa shape index (κ3) is 3.38. The molecule has 0 radical (unpaired) electrons. The number of hydrogen-bond acceptors (Lipinski definition) is 7. The molecule has 3 aromatic rings. The number of fused-ring (bicyclic) bond motifs is 3. The van der Waals surface area contributed by atoms with Crippen LogP contribution in [0.3, 0.4) is 0 Å². The Balaban J connectivity index is 1.95. The van der Waals surface area contributed by atoms with Gasteiger partial charge in [-0.15, -0.1) is 21.5 Å². The van der Waals surface area contributed by atoms with Crippen LogP contribution in [0.4, 0.5) is 5.69 Å². The van der Waals surface area contributed by atoms with Crippen LogP contribution in [0.1, 0.15) is 35.7 Å². The normalized spacial score (nSPS) is 15.4. The maximum atomic E-state index is 13.2. The number of rotatable bonds is 4. The highest BCUT2D eigenvalue weighted by Crippen LogP contribution is 2.44. The minimum atomic E-state index is -0.591. The molecule has 144 valence electrons. The number of carbonyl (C=O) groups excluding carboxylic acids is 1. The van der Waals surface area contributed by atoms with Crippen LogP contribution in [0.2, 0.25) is 0 Å². The lowest BCUT2D eigenvalue weighted by molar-refractivity contribution is -0.120. The Kier molecular flexibility index (Phi) is 5.32. The van der Waals surface area contributed by atoms with Gasteiger partial charge in [0.25, 0.3) is 0 Å². The number of ether oxygens (including phenoxy) is 1. The maximum absolute atomic E-state index is 13.2. The summed E-state index contributed by atoms with van der Waals surface area (Å²) in [5, 5.41) is 9.08. The third-order valence-corrected chi connectivity index (χ3v) is 6.00. The van der Waals surface area contributed by atoms with Crippen molar-refractivity contribution in [2.75, 3.05) is 11.2 Å². The summed E-state index contributed by atoms with van der Waals surface area (Å²) in [4.78, 5) is 21.6. The van der Waals surface area contributed by atoms with Gasteiger partial charge in [0.1, 0.15) is 0 Å². The highest BCUT2D eigenvalue weighted by molar-refractivity contribution is 7.98. The molecular weight excluding hydrogens is 392 g/mol. The van der Waals surface area contributed by atoms with Gasteiger partial charge < -0.3 is 4.74 Å². The monoisotopic (exact) mass is 412 g/mol. The van der Waals surface area contributed by atoms with Crippen LogP contribution in [0.5, 0.6) is 5.88 Å². The first kappa shape index (κ1) is 18.9. The molecule has 0 saturated carbocycles. The van der Waals surface area contributed by atoms with E-state index in [2.05, 4.69) is 15.2 Å². The van der Waals surface area contributed by atoms with Crippen molar-refractivity contribution in [3.05, 3.63) is 46.2 Å². The lowest BCUT2D eigenvalue weighted by Crippen LogP contribution is -2.37. The number of thiophene rings is 1. The van der Waals surface area contributed by atoms with Crippen LogP contribution in [0, 0.1) is 6.92 Å². The number of thioether (sulfide) groups is 1. The van der Waals surface area contributed by atoms with Crippen molar-refractivity contribution in [1.29, 1.82) is 0 Å². The van der Waals surface area contributed by atoms with E-state index in [0.717, 1.165) is 27.4 Å². The van der Waals surface area contributed by atoms with E-state index in [0.29, 0.717) is 23.2 Å². The number of benzene rings is 1. The summed E-state index contributed by atoms with van der Waals surface area (Å²) in [6, 6.07) is 11.7. The molecule has 1 aliphatic heterocycles. The first-order valence-corrected chi connectivity index (χ1v) is 11.1. The van der Waals surface area contributed by atoms with Crippen molar-refractivity contribution in [1.82, 2.24) is 15.2 Å². The standard InChI is InChI=1S/C20H20N4O2S2/c1-4-7-16(25)24-14-9-6-5-8-13(14)17-18(21-20(27-3)23-22-17)26-19(24)15-11-10-12(2)28-15/h5-6,8-11,19H,4,7H2,1-3H3/t19-/m0/s1. The second-order valence-electron chi connectivity index (χ2n) is 6.40. The van der Waals surface area contributed by atoms with E-state index in [-0.39, 0.29) is 5.91 Å². The number of carbonyl (C=O) groups is 1. The zero-order chi connectivity index (χ0) is 19.7. The fourth-order valence-corrected chi connectivity index (χ4v) is 4.37. The van der Waals surface area contributed by atoms with Crippen molar-refractivity contribution in [3.8, 4) is 17.1 Å². The van der Waals surface area contributed by atoms with Crippen LogP contribution in [0.25, 0.3) is 11.3 Å². The number of hydrogen-bond donors (Lipinski definition) is 0. The molecule has 1 amide bonds. The number of nitrogens with zero attached hydrogens (tertiary/aromatic N) is 4. The fraction of sp³-hybridized carbons (Fsp3) is 0.300. The third-order valence-electron chi connectivity index (χ3n) is 4.43. The second-order valence-corrected chi connectivity index (χ2v) is 8.49. The SMILES string of the molecule is CCCC(=O)N1c2ccccc2-c2nnc(SC)nc2O[C@H]1c1ccc(C)s1. The lowest BCUT2D eigenvalue weighted by Gasteiger charge is -2.30. The molecular formula is C20H20N4O2S2. The van der Waals surface area contributed by atoms with Gasteiger partial charge in [0, 0.05) is 16.9 Å². The van der Waals surface area contributed by atoms with E-state index in [9.17, 15) is 4.79 Å². The largest absolute Gasteiger partial charge is 0.446 e. The zero-order valence-electron chi connectivity index (χ0n) is 15.9. The number of aromatic nitrogens is 3. The summed E-state index contributed by atoms with van der Waals surface area (Å²) >= 11 is 3.02. The van der Waals surface area contributed by atoms with Gasteiger partial charge in [-0.05, 0) is 37.8 Å². The minimum Gasteiger partial charge on any atom is -0.446 e. The average Bonchev–Trinajstić information content (AvgIpc) is 3.08. The zero-order valence-corrected chi connectivity index (χ0v) is 17.5. The molecule has 0 saturated heterocycles. The second kappa shape index (κ2) is 7.89. The van der Waals surface area contributed by atoms with Crippen molar-refractivity contribution < 1.29 is 9.53 Å². The van der Waals surface area contributed by atoms with Crippen LogP contribution >= 0.6 is 23.1 Å². The van der Waals surface area contributed by atoms with Crippen LogP contribution < -0.4 is 9.64 Å². The summed E-state index contributed by atoms with van der Waals surface area (Å²) < 4.78 is 6.35. The van der Waals surface area contributed by atoms with E-state index < -0.39 is 6.23 Å². The Morgan fingerprint density at radius 3 is 2.79 bits per heavy atom.